The largest absolute Gasteiger partial charge is 0.379 e. The summed E-state index contributed by atoms with van der Waals surface area (Å²) in [6.07, 6.45) is 6.30. The lowest BCUT2D eigenvalue weighted by Crippen LogP contribution is -2.62. The van der Waals surface area contributed by atoms with E-state index < -0.39 is 0 Å². The molecule has 3 nitrogen and oxygen atoms in total. The van der Waals surface area contributed by atoms with Gasteiger partial charge in [-0.05, 0) is 38.6 Å². The molecule has 0 aliphatic carbocycles. The predicted octanol–water partition coefficient (Wildman–Crippen LogP) is 3.68. The molecule has 1 aliphatic heterocycles. The molecule has 1 heterocycles. The number of morpholine rings is 1. The number of nitrogens with one attached hydrogen (secondary N) is 1. The van der Waals surface area contributed by atoms with Crippen molar-refractivity contribution >= 4 is 0 Å². The average molecular weight is 299 g/mol. The minimum absolute atomic E-state index is 0.252. The first-order valence-corrected chi connectivity index (χ1v) is 9.18. The summed E-state index contributed by atoms with van der Waals surface area (Å²) in [6, 6.07) is 0.588. The Hall–Kier alpha value is -0.120. The van der Waals surface area contributed by atoms with Crippen LogP contribution in [0.1, 0.15) is 66.7 Å². The molecule has 2 unspecified atom stereocenters. The zero-order valence-corrected chi connectivity index (χ0v) is 15.1. The predicted molar refractivity (Wildman–Crippen MR) is 91.9 cm³/mol. The molecule has 21 heavy (non-hydrogen) atoms. The smallest absolute Gasteiger partial charge is 0.0594 e. The van der Waals surface area contributed by atoms with Crippen molar-refractivity contribution in [3.63, 3.8) is 0 Å². The second kappa shape index (κ2) is 9.81. The maximum Gasteiger partial charge on any atom is 0.0594 e. The van der Waals surface area contributed by atoms with E-state index in [9.17, 15) is 0 Å². The Balaban J connectivity index is 2.83. The summed E-state index contributed by atoms with van der Waals surface area (Å²) in [5, 5.41) is 3.87. The van der Waals surface area contributed by atoms with Crippen molar-refractivity contribution in [1.29, 1.82) is 0 Å². The second-order valence-electron chi connectivity index (χ2n) is 6.74. The second-order valence-corrected chi connectivity index (χ2v) is 6.74. The van der Waals surface area contributed by atoms with E-state index in [-0.39, 0.29) is 5.54 Å². The summed E-state index contributed by atoms with van der Waals surface area (Å²) in [7, 11) is 0. The van der Waals surface area contributed by atoms with Crippen LogP contribution in [0.15, 0.2) is 0 Å². The number of hydrogen-bond donors (Lipinski definition) is 1. The van der Waals surface area contributed by atoms with Crippen molar-refractivity contribution in [2.45, 2.75) is 78.3 Å². The summed E-state index contributed by atoms with van der Waals surface area (Å²) in [6.45, 7) is 16.8. The molecule has 1 N–H and O–H groups in total. The fourth-order valence-corrected chi connectivity index (χ4v) is 3.60. The van der Waals surface area contributed by atoms with E-state index in [0.29, 0.717) is 6.04 Å². The minimum atomic E-state index is 0.252. The van der Waals surface area contributed by atoms with Gasteiger partial charge in [0.25, 0.3) is 0 Å². The van der Waals surface area contributed by atoms with Gasteiger partial charge in [-0.15, -0.1) is 0 Å². The van der Waals surface area contributed by atoms with Crippen molar-refractivity contribution in [2.24, 2.45) is 5.92 Å². The molecule has 2 atom stereocenters. The summed E-state index contributed by atoms with van der Waals surface area (Å²) >= 11 is 0. The van der Waals surface area contributed by atoms with E-state index in [2.05, 4.69) is 44.8 Å². The van der Waals surface area contributed by atoms with Gasteiger partial charge in [-0.3, -0.25) is 4.90 Å². The topological polar surface area (TPSA) is 24.5 Å². The maximum atomic E-state index is 5.56. The highest BCUT2D eigenvalue weighted by atomic mass is 16.5. The molecule has 0 saturated carbocycles. The molecule has 0 aromatic carbocycles. The van der Waals surface area contributed by atoms with Crippen molar-refractivity contribution < 1.29 is 4.74 Å². The Morgan fingerprint density at radius 3 is 2.19 bits per heavy atom. The number of rotatable bonds is 10. The highest BCUT2D eigenvalue weighted by Crippen LogP contribution is 2.30. The van der Waals surface area contributed by atoms with Gasteiger partial charge in [0.1, 0.15) is 0 Å². The standard InChI is InChI=1S/C18H38N2O/c1-6-10-19-17(15-16(7-2)8-3)18(5,9-4)20-11-13-21-14-12-20/h16-17,19H,6-15H2,1-5H3. The number of nitrogens with zero attached hydrogens (tertiary/aromatic N) is 1. The number of ether oxygens (including phenoxy) is 1. The molecule has 1 fully saturated rings. The average Bonchev–Trinajstić information content (AvgIpc) is 2.55. The molecule has 0 aromatic heterocycles. The molecule has 0 bridgehead atoms. The summed E-state index contributed by atoms with van der Waals surface area (Å²) in [5.74, 6) is 0.839. The van der Waals surface area contributed by atoms with Gasteiger partial charge in [-0.1, -0.05) is 40.5 Å². The van der Waals surface area contributed by atoms with E-state index in [1.807, 2.05) is 0 Å². The minimum Gasteiger partial charge on any atom is -0.379 e. The molecule has 126 valence electrons. The van der Waals surface area contributed by atoms with Crippen LogP contribution in [0.3, 0.4) is 0 Å². The van der Waals surface area contributed by atoms with E-state index >= 15 is 0 Å². The molecule has 0 aromatic rings. The molecule has 0 radical (unpaired) electrons. The Morgan fingerprint density at radius 2 is 1.71 bits per heavy atom. The Labute approximate surface area is 132 Å². The first kappa shape index (κ1) is 18.9. The molecule has 0 amide bonds. The van der Waals surface area contributed by atoms with Crippen LogP contribution >= 0.6 is 0 Å². The van der Waals surface area contributed by atoms with Crippen molar-refractivity contribution in [3.05, 3.63) is 0 Å². The SMILES string of the molecule is CCCNC(CC(CC)CC)C(C)(CC)N1CCOCC1. The molecule has 1 rings (SSSR count). The first-order chi connectivity index (χ1) is 10.1. The van der Waals surface area contributed by atoms with Gasteiger partial charge >= 0.3 is 0 Å². The molecular weight excluding hydrogens is 260 g/mol. The van der Waals surface area contributed by atoms with Crippen LogP contribution in [0.5, 0.6) is 0 Å². The summed E-state index contributed by atoms with van der Waals surface area (Å²) in [4.78, 5) is 2.67. The molecule has 1 saturated heterocycles. The lowest BCUT2D eigenvalue weighted by Gasteiger charge is -2.49. The Bertz CT molecular complexity index is 262. The molecular formula is C18H38N2O. The van der Waals surface area contributed by atoms with Crippen LogP contribution in [0.25, 0.3) is 0 Å². The molecule has 3 heteroatoms. The zero-order chi connectivity index (χ0) is 15.7. The fraction of sp³-hybridized carbons (Fsp3) is 1.00. The van der Waals surface area contributed by atoms with Crippen LogP contribution in [-0.4, -0.2) is 49.3 Å². The lowest BCUT2D eigenvalue weighted by molar-refractivity contribution is -0.0356. The van der Waals surface area contributed by atoms with Crippen LogP contribution < -0.4 is 5.32 Å². The van der Waals surface area contributed by atoms with E-state index in [0.717, 1.165) is 38.8 Å². The van der Waals surface area contributed by atoms with Crippen LogP contribution in [0.2, 0.25) is 0 Å². The monoisotopic (exact) mass is 298 g/mol. The normalized spacial score (nSPS) is 21.4. The van der Waals surface area contributed by atoms with Gasteiger partial charge in [0.2, 0.25) is 0 Å². The van der Waals surface area contributed by atoms with E-state index in [1.165, 1.54) is 32.1 Å². The van der Waals surface area contributed by atoms with Gasteiger partial charge in [0.05, 0.1) is 13.2 Å². The Morgan fingerprint density at radius 1 is 1.10 bits per heavy atom. The third-order valence-corrected chi connectivity index (χ3v) is 5.56. The zero-order valence-electron chi connectivity index (χ0n) is 15.1. The quantitative estimate of drug-likeness (QED) is 0.666. The third-order valence-electron chi connectivity index (χ3n) is 5.56. The van der Waals surface area contributed by atoms with E-state index in [4.69, 9.17) is 4.74 Å². The highest BCUT2D eigenvalue weighted by molar-refractivity contribution is 4.97. The number of hydrogen-bond acceptors (Lipinski definition) is 3. The Kier molecular flexibility index (Phi) is 8.84. The van der Waals surface area contributed by atoms with Crippen molar-refractivity contribution in [3.8, 4) is 0 Å². The van der Waals surface area contributed by atoms with Gasteiger partial charge < -0.3 is 10.1 Å². The fourth-order valence-electron chi connectivity index (χ4n) is 3.60. The lowest BCUT2D eigenvalue weighted by atomic mass is 9.80. The van der Waals surface area contributed by atoms with E-state index in [1.54, 1.807) is 0 Å². The molecule has 0 spiro atoms. The molecule has 1 aliphatic rings. The summed E-state index contributed by atoms with van der Waals surface area (Å²) in [5.41, 5.74) is 0.252. The van der Waals surface area contributed by atoms with Gasteiger partial charge in [-0.2, -0.15) is 0 Å². The van der Waals surface area contributed by atoms with Gasteiger partial charge in [-0.25, -0.2) is 0 Å². The van der Waals surface area contributed by atoms with Gasteiger partial charge in [0.15, 0.2) is 0 Å². The highest BCUT2D eigenvalue weighted by Gasteiger charge is 2.39. The maximum absolute atomic E-state index is 5.56. The third kappa shape index (κ3) is 5.22. The van der Waals surface area contributed by atoms with Crippen LogP contribution in [-0.2, 0) is 4.74 Å². The van der Waals surface area contributed by atoms with Gasteiger partial charge in [0, 0.05) is 24.7 Å². The van der Waals surface area contributed by atoms with Crippen molar-refractivity contribution in [1.82, 2.24) is 10.2 Å². The van der Waals surface area contributed by atoms with Crippen molar-refractivity contribution in [2.75, 3.05) is 32.8 Å². The first-order valence-electron chi connectivity index (χ1n) is 9.18. The van der Waals surface area contributed by atoms with Crippen LogP contribution in [0.4, 0.5) is 0 Å². The summed E-state index contributed by atoms with van der Waals surface area (Å²) < 4.78 is 5.56. The van der Waals surface area contributed by atoms with Crippen LogP contribution in [0, 0.1) is 5.92 Å².